The molecule has 3 aromatic rings. The van der Waals surface area contributed by atoms with Crippen LogP contribution in [0.25, 0.3) is 22.4 Å². The maximum absolute atomic E-state index is 10.8. The second kappa shape index (κ2) is 4.70. The molecule has 1 aromatic heterocycles. The number of carboxylic acids is 1. The van der Waals surface area contributed by atoms with E-state index in [-0.39, 0.29) is 5.56 Å². The van der Waals surface area contributed by atoms with E-state index in [0.29, 0.717) is 5.82 Å². The minimum Gasteiger partial charge on any atom is -0.494 e. The number of ether oxygens (including phenoxy) is 1. The van der Waals surface area contributed by atoms with Crippen LogP contribution in [0.2, 0.25) is 0 Å². The van der Waals surface area contributed by atoms with Gasteiger partial charge in [0.1, 0.15) is 17.1 Å². The molecule has 2 N–H and O–H groups in total. The van der Waals surface area contributed by atoms with Gasteiger partial charge in [0, 0.05) is 5.56 Å². The Morgan fingerprint density at radius 2 is 1.95 bits per heavy atom. The predicted octanol–water partition coefficient (Wildman–Crippen LogP) is 2.94. The van der Waals surface area contributed by atoms with Crippen LogP contribution in [-0.2, 0) is 0 Å². The van der Waals surface area contributed by atoms with Gasteiger partial charge in [0.05, 0.1) is 18.2 Å². The number of para-hydroxylation sites is 1. The summed E-state index contributed by atoms with van der Waals surface area (Å²) in [6, 6.07) is 12.2. The molecule has 0 atom stereocenters. The molecule has 0 fully saturated rings. The topological polar surface area (TPSA) is 75.2 Å². The van der Waals surface area contributed by atoms with E-state index in [0.717, 1.165) is 22.3 Å². The van der Waals surface area contributed by atoms with Crippen molar-refractivity contribution in [2.24, 2.45) is 0 Å². The molecule has 0 aliphatic heterocycles. The maximum atomic E-state index is 10.8. The Morgan fingerprint density at radius 1 is 1.20 bits per heavy atom. The van der Waals surface area contributed by atoms with E-state index >= 15 is 0 Å². The lowest BCUT2D eigenvalue weighted by Crippen LogP contribution is -1.95. The molecule has 1 heterocycles. The highest BCUT2D eigenvalue weighted by Crippen LogP contribution is 2.27. The lowest BCUT2D eigenvalue weighted by atomic mass is 10.1. The number of benzene rings is 2. The number of hydrogen-bond donors (Lipinski definition) is 2. The van der Waals surface area contributed by atoms with Crippen LogP contribution in [-0.4, -0.2) is 28.2 Å². The number of methoxy groups -OCH3 is 1. The van der Waals surface area contributed by atoms with Gasteiger partial charge in [-0.05, 0) is 24.3 Å². The highest BCUT2D eigenvalue weighted by atomic mass is 16.5. The van der Waals surface area contributed by atoms with Crippen molar-refractivity contribution in [3.63, 3.8) is 0 Å². The number of imidazole rings is 1. The van der Waals surface area contributed by atoms with Gasteiger partial charge < -0.3 is 14.8 Å². The first-order valence-electron chi connectivity index (χ1n) is 6.05. The van der Waals surface area contributed by atoms with Gasteiger partial charge in [-0.1, -0.05) is 18.2 Å². The first-order valence-corrected chi connectivity index (χ1v) is 6.05. The fraction of sp³-hybridized carbons (Fsp3) is 0.0667. The SMILES string of the molecule is COc1cccc2nc(-c3ccc(C(=O)O)cc3)[nH]c12. The number of carbonyl (C=O) groups is 1. The summed E-state index contributed by atoms with van der Waals surface area (Å²) >= 11 is 0. The summed E-state index contributed by atoms with van der Waals surface area (Å²) in [6.45, 7) is 0. The Bertz CT molecular complexity index is 775. The number of nitrogens with one attached hydrogen (secondary N) is 1. The van der Waals surface area contributed by atoms with E-state index < -0.39 is 5.97 Å². The molecule has 0 aliphatic rings. The smallest absolute Gasteiger partial charge is 0.335 e. The standard InChI is InChI=1S/C15H12N2O3/c1-20-12-4-2-3-11-13(12)17-14(16-11)9-5-7-10(8-6-9)15(18)19/h2-8H,1H3,(H,16,17)(H,18,19). The summed E-state index contributed by atoms with van der Waals surface area (Å²) in [6.07, 6.45) is 0. The Labute approximate surface area is 114 Å². The van der Waals surface area contributed by atoms with E-state index in [9.17, 15) is 4.79 Å². The maximum Gasteiger partial charge on any atom is 0.335 e. The van der Waals surface area contributed by atoms with Gasteiger partial charge in [0.2, 0.25) is 0 Å². The number of aromatic amines is 1. The Morgan fingerprint density at radius 3 is 2.60 bits per heavy atom. The summed E-state index contributed by atoms with van der Waals surface area (Å²) < 4.78 is 5.28. The van der Waals surface area contributed by atoms with Crippen LogP contribution in [0.5, 0.6) is 5.75 Å². The number of H-pyrrole nitrogens is 1. The van der Waals surface area contributed by atoms with Gasteiger partial charge in [-0.25, -0.2) is 9.78 Å². The molecule has 0 bridgehead atoms. The van der Waals surface area contributed by atoms with E-state index in [1.165, 1.54) is 0 Å². The minimum absolute atomic E-state index is 0.252. The molecule has 0 saturated heterocycles. The van der Waals surface area contributed by atoms with Crippen LogP contribution >= 0.6 is 0 Å². The molecular weight excluding hydrogens is 256 g/mol. The third-order valence-electron chi connectivity index (χ3n) is 3.11. The van der Waals surface area contributed by atoms with Crippen LogP contribution < -0.4 is 4.74 Å². The number of aromatic carboxylic acids is 1. The molecule has 3 rings (SSSR count). The number of rotatable bonds is 3. The van der Waals surface area contributed by atoms with Crippen molar-refractivity contribution in [1.29, 1.82) is 0 Å². The van der Waals surface area contributed by atoms with Crippen molar-refractivity contribution < 1.29 is 14.6 Å². The number of fused-ring (bicyclic) bond motifs is 1. The molecule has 5 nitrogen and oxygen atoms in total. The average Bonchev–Trinajstić information content (AvgIpc) is 2.91. The lowest BCUT2D eigenvalue weighted by molar-refractivity contribution is 0.0697. The predicted molar refractivity (Wildman–Crippen MR) is 75.0 cm³/mol. The van der Waals surface area contributed by atoms with Crippen molar-refractivity contribution in [1.82, 2.24) is 9.97 Å². The highest BCUT2D eigenvalue weighted by molar-refractivity contribution is 5.89. The van der Waals surface area contributed by atoms with Crippen LogP contribution in [0.15, 0.2) is 42.5 Å². The summed E-state index contributed by atoms with van der Waals surface area (Å²) in [5.74, 6) is 0.465. The molecular formula is C15H12N2O3. The quantitative estimate of drug-likeness (QED) is 0.765. The molecule has 0 unspecified atom stereocenters. The van der Waals surface area contributed by atoms with Crippen LogP contribution in [0.4, 0.5) is 0 Å². The molecule has 100 valence electrons. The van der Waals surface area contributed by atoms with Gasteiger partial charge in [-0.2, -0.15) is 0 Å². The van der Waals surface area contributed by atoms with Gasteiger partial charge >= 0.3 is 5.97 Å². The first-order chi connectivity index (χ1) is 9.69. The highest BCUT2D eigenvalue weighted by Gasteiger charge is 2.09. The van der Waals surface area contributed by atoms with E-state index in [1.807, 2.05) is 18.2 Å². The molecule has 0 saturated carbocycles. The largest absolute Gasteiger partial charge is 0.494 e. The zero-order chi connectivity index (χ0) is 14.1. The second-order valence-corrected chi connectivity index (χ2v) is 4.32. The normalized spacial score (nSPS) is 10.7. The zero-order valence-corrected chi connectivity index (χ0v) is 10.8. The molecule has 20 heavy (non-hydrogen) atoms. The molecule has 0 amide bonds. The van der Waals surface area contributed by atoms with Crippen molar-refractivity contribution in [3.05, 3.63) is 48.0 Å². The van der Waals surface area contributed by atoms with Crippen LogP contribution in [0.1, 0.15) is 10.4 Å². The Balaban J connectivity index is 2.08. The molecule has 0 aliphatic carbocycles. The van der Waals surface area contributed by atoms with E-state index in [1.54, 1.807) is 31.4 Å². The number of nitrogens with zero attached hydrogens (tertiary/aromatic N) is 1. The lowest BCUT2D eigenvalue weighted by Gasteiger charge is -1.99. The summed E-state index contributed by atoms with van der Waals surface area (Å²) in [7, 11) is 1.61. The Kier molecular flexibility index (Phi) is 2.87. The van der Waals surface area contributed by atoms with Crippen molar-refractivity contribution in [3.8, 4) is 17.1 Å². The summed E-state index contributed by atoms with van der Waals surface area (Å²) in [5.41, 5.74) is 2.71. The average molecular weight is 268 g/mol. The van der Waals surface area contributed by atoms with Crippen LogP contribution in [0, 0.1) is 0 Å². The fourth-order valence-corrected chi connectivity index (χ4v) is 2.08. The molecule has 0 radical (unpaired) electrons. The van der Waals surface area contributed by atoms with Crippen molar-refractivity contribution >= 4 is 17.0 Å². The van der Waals surface area contributed by atoms with E-state index in [4.69, 9.17) is 9.84 Å². The third kappa shape index (κ3) is 1.99. The van der Waals surface area contributed by atoms with Gasteiger partial charge in [0.25, 0.3) is 0 Å². The molecule has 0 spiro atoms. The third-order valence-corrected chi connectivity index (χ3v) is 3.11. The van der Waals surface area contributed by atoms with E-state index in [2.05, 4.69) is 9.97 Å². The summed E-state index contributed by atoms with van der Waals surface area (Å²) in [5, 5.41) is 8.89. The minimum atomic E-state index is -0.942. The van der Waals surface area contributed by atoms with Crippen molar-refractivity contribution in [2.45, 2.75) is 0 Å². The fourth-order valence-electron chi connectivity index (χ4n) is 2.08. The number of carboxylic acid groups (broad SMARTS) is 1. The summed E-state index contributed by atoms with van der Waals surface area (Å²) in [4.78, 5) is 18.5. The van der Waals surface area contributed by atoms with Crippen LogP contribution in [0.3, 0.4) is 0 Å². The zero-order valence-electron chi connectivity index (χ0n) is 10.8. The first kappa shape index (κ1) is 12.2. The Hall–Kier alpha value is -2.82. The number of aromatic nitrogens is 2. The number of hydrogen-bond acceptors (Lipinski definition) is 3. The van der Waals surface area contributed by atoms with Gasteiger partial charge in [-0.3, -0.25) is 0 Å². The molecule has 5 heteroatoms. The van der Waals surface area contributed by atoms with Gasteiger partial charge in [-0.15, -0.1) is 0 Å². The van der Waals surface area contributed by atoms with Crippen molar-refractivity contribution in [2.75, 3.05) is 7.11 Å². The monoisotopic (exact) mass is 268 g/mol. The van der Waals surface area contributed by atoms with Gasteiger partial charge in [0.15, 0.2) is 0 Å². The molecule has 2 aromatic carbocycles. The second-order valence-electron chi connectivity index (χ2n) is 4.32.